The first-order chi connectivity index (χ1) is 16.5. The van der Waals surface area contributed by atoms with Gasteiger partial charge in [0.15, 0.2) is 0 Å². The molecule has 0 bridgehead atoms. The van der Waals surface area contributed by atoms with Crippen molar-refractivity contribution >= 4 is 32.9 Å². The lowest BCUT2D eigenvalue weighted by Crippen LogP contribution is -2.53. The summed E-state index contributed by atoms with van der Waals surface area (Å²) in [5.41, 5.74) is 3.26. The van der Waals surface area contributed by atoms with Crippen molar-refractivity contribution in [3.05, 3.63) is 64.6 Å². The summed E-state index contributed by atoms with van der Waals surface area (Å²) in [6.07, 6.45) is -0.533. The summed E-state index contributed by atoms with van der Waals surface area (Å²) in [6.45, 7) is 8.86. The number of ether oxygens (including phenoxy) is 1. The number of aliphatic hydroxyl groups is 1. The summed E-state index contributed by atoms with van der Waals surface area (Å²) < 4.78 is 7.03. The first kappa shape index (κ1) is 23.4. The number of aromatic nitrogens is 2. The summed E-state index contributed by atoms with van der Waals surface area (Å²) in [7, 11) is 0. The van der Waals surface area contributed by atoms with Gasteiger partial charge in [-0.05, 0) is 26.0 Å². The third kappa shape index (κ3) is 5.64. The van der Waals surface area contributed by atoms with Crippen LogP contribution in [0.15, 0.2) is 53.9 Å². The van der Waals surface area contributed by atoms with Crippen molar-refractivity contribution < 1.29 is 9.84 Å². The Labute approximate surface area is 208 Å². The molecule has 0 amide bonds. The van der Waals surface area contributed by atoms with E-state index in [0.717, 1.165) is 57.9 Å². The molecule has 0 spiro atoms. The molecule has 6 nitrogen and oxygen atoms in total. The van der Waals surface area contributed by atoms with Gasteiger partial charge < -0.3 is 9.84 Å². The molecule has 2 aromatic heterocycles. The van der Waals surface area contributed by atoms with Crippen molar-refractivity contribution in [1.29, 1.82) is 0 Å². The third-order valence-corrected chi connectivity index (χ3v) is 8.05. The predicted octanol–water partition coefficient (Wildman–Crippen LogP) is 4.67. The fourth-order valence-corrected chi connectivity index (χ4v) is 6.06. The van der Waals surface area contributed by atoms with Crippen LogP contribution in [0.1, 0.15) is 17.6 Å². The average molecular weight is 495 g/mol. The first-order valence-electron chi connectivity index (χ1n) is 11.7. The minimum absolute atomic E-state index is 0.280. The lowest BCUT2D eigenvalue weighted by molar-refractivity contribution is 0.0194. The van der Waals surface area contributed by atoms with Crippen LogP contribution in [0.4, 0.5) is 0 Å². The van der Waals surface area contributed by atoms with Crippen LogP contribution in [-0.4, -0.2) is 69.8 Å². The van der Waals surface area contributed by atoms with Gasteiger partial charge in [0.05, 0.1) is 20.9 Å². The summed E-state index contributed by atoms with van der Waals surface area (Å²) in [5, 5.41) is 14.9. The molecular formula is C26H30N4O2S2. The Hall–Kier alpha value is -2.36. The smallest absolute Gasteiger partial charge is 0.123 e. The monoisotopic (exact) mass is 494 g/mol. The zero-order valence-electron chi connectivity index (χ0n) is 19.6. The number of thiazole rings is 2. The molecule has 2 atom stereocenters. The van der Waals surface area contributed by atoms with Gasteiger partial charge in [-0.15, -0.1) is 22.7 Å². The maximum Gasteiger partial charge on any atom is 0.123 e. The maximum atomic E-state index is 10.6. The van der Waals surface area contributed by atoms with E-state index >= 15 is 0 Å². The largest absolute Gasteiger partial charge is 0.491 e. The summed E-state index contributed by atoms with van der Waals surface area (Å²) in [4.78, 5) is 14.2. The highest BCUT2D eigenvalue weighted by Gasteiger charge is 2.26. The molecular weight excluding hydrogens is 464 g/mol. The number of fused-ring (bicyclic) bond motifs is 1. The van der Waals surface area contributed by atoms with Gasteiger partial charge in [0.25, 0.3) is 0 Å². The SMILES string of the molecule is Cc1nc2cc(OC[C@H](O)CN3CCN(Cc4csc(-c5ccccc5)n4)C[C@@H]3C)ccc2s1. The number of benzene rings is 2. The standard InChI is InChI=1S/C26H30N4O2S2/c1-18-13-29(14-21-17-33-26(28-21)20-6-4-3-5-7-20)10-11-30(18)15-22(31)16-32-23-8-9-25-24(12-23)27-19(2)34-25/h3-9,12,17-18,22,31H,10-11,13-16H2,1-2H3/t18-,22+/m0/s1. The quantitative estimate of drug-likeness (QED) is 0.384. The second-order valence-corrected chi connectivity index (χ2v) is 11.0. The number of aliphatic hydroxyl groups excluding tert-OH is 1. The minimum Gasteiger partial charge on any atom is -0.491 e. The predicted molar refractivity (Wildman–Crippen MR) is 140 cm³/mol. The van der Waals surface area contributed by atoms with Gasteiger partial charge in [0.1, 0.15) is 23.5 Å². The first-order valence-corrected chi connectivity index (χ1v) is 13.4. The van der Waals surface area contributed by atoms with Gasteiger partial charge in [-0.25, -0.2) is 9.97 Å². The van der Waals surface area contributed by atoms with Crippen LogP contribution in [0.25, 0.3) is 20.8 Å². The zero-order valence-corrected chi connectivity index (χ0v) is 21.2. The van der Waals surface area contributed by atoms with E-state index in [2.05, 4.69) is 51.4 Å². The molecule has 0 saturated carbocycles. The number of aryl methyl sites for hydroxylation is 1. The molecule has 0 unspecified atom stereocenters. The van der Waals surface area contributed by atoms with E-state index in [1.54, 1.807) is 22.7 Å². The highest BCUT2D eigenvalue weighted by molar-refractivity contribution is 7.18. The molecule has 1 aliphatic heterocycles. The van der Waals surface area contributed by atoms with Crippen LogP contribution >= 0.6 is 22.7 Å². The van der Waals surface area contributed by atoms with Gasteiger partial charge in [0, 0.05) is 55.8 Å². The molecule has 1 N–H and O–H groups in total. The van der Waals surface area contributed by atoms with Gasteiger partial charge in [-0.3, -0.25) is 9.80 Å². The molecule has 178 valence electrons. The zero-order chi connectivity index (χ0) is 23.5. The molecule has 34 heavy (non-hydrogen) atoms. The van der Waals surface area contributed by atoms with E-state index in [1.807, 2.05) is 31.2 Å². The van der Waals surface area contributed by atoms with Crippen molar-refractivity contribution in [2.75, 3.05) is 32.8 Å². The number of piperazine rings is 1. The molecule has 1 aliphatic rings. The number of β-amino-alcohol motifs (C(OH)–C–C–N with tert-alkyl or cyclic N) is 1. The van der Waals surface area contributed by atoms with Crippen molar-refractivity contribution in [3.63, 3.8) is 0 Å². The van der Waals surface area contributed by atoms with Gasteiger partial charge in [-0.1, -0.05) is 30.3 Å². The molecule has 8 heteroatoms. The second-order valence-electron chi connectivity index (χ2n) is 8.92. The Bertz CT molecular complexity index is 1230. The van der Waals surface area contributed by atoms with Crippen molar-refractivity contribution in [2.24, 2.45) is 0 Å². The Kier molecular flexibility index (Phi) is 7.22. The van der Waals surface area contributed by atoms with Gasteiger partial charge in [-0.2, -0.15) is 0 Å². The van der Waals surface area contributed by atoms with Crippen molar-refractivity contribution in [2.45, 2.75) is 32.5 Å². The second kappa shape index (κ2) is 10.5. The minimum atomic E-state index is -0.533. The Morgan fingerprint density at radius 2 is 2.00 bits per heavy atom. The van der Waals surface area contributed by atoms with Crippen LogP contribution in [0, 0.1) is 6.92 Å². The molecule has 0 aliphatic carbocycles. The molecule has 3 heterocycles. The Morgan fingerprint density at radius 1 is 1.15 bits per heavy atom. The summed E-state index contributed by atoms with van der Waals surface area (Å²) in [6, 6.07) is 16.7. The molecule has 2 aromatic carbocycles. The van der Waals surface area contributed by atoms with Crippen LogP contribution < -0.4 is 4.74 Å². The summed E-state index contributed by atoms with van der Waals surface area (Å²) >= 11 is 3.39. The fraction of sp³-hybridized carbons (Fsp3) is 0.385. The normalized spacial score (nSPS) is 18.4. The molecule has 1 saturated heterocycles. The van der Waals surface area contributed by atoms with Crippen LogP contribution in [0.2, 0.25) is 0 Å². The average Bonchev–Trinajstić information content (AvgIpc) is 3.45. The maximum absolute atomic E-state index is 10.6. The number of rotatable bonds is 8. The Balaban J connectivity index is 1.09. The van der Waals surface area contributed by atoms with Crippen molar-refractivity contribution in [3.8, 4) is 16.3 Å². The molecule has 4 aromatic rings. The topological polar surface area (TPSA) is 61.7 Å². The fourth-order valence-electron chi connectivity index (χ4n) is 4.44. The van der Waals surface area contributed by atoms with Gasteiger partial charge >= 0.3 is 0 Å². The van der Waals surface area contributed by atoms with Crippen LogP contribution in [0.5, 0.6) is 5.75 Å². The van der Waals surface area contributed by atoms with E-state index in [0.29, 0.717) is 12.6 Å². The Morgan fingerprint density at radius 3 is 2.82 bits per heavy atom. The van der Waals surface area contributed by atoms with Crippen molar-refractivity contribution in [1.82, 2.24) is 19.8 Å². The lowest BCUT2D eigenvalue weighted by Gasteiger charge is -2.40. The van der Waals surface area contributed by atoms with E-state index < -0.39 is 6.10 Å². The van der Waals surface area contributed by atoms with Crippen LogP contribution in [0.3, 0.4) is 0 Å². The third-order valence-electron chi connectivity index (χ3n) is 6.16. The van der Waals surface area contributed by atoms with E-state index in [-0.39, 0.29) is 6.61 Å². The number of nitrogens with zero attached hydrogens (tertiary/aromatic N) is 4. The summed E-state index contributed by atoms with van der Waals surface area (Å²) in [5.74, 6) is 0.757. The highest BCUT2D eigenvalue weighted by Crippen LogP contribution is 2.26. The molecule has 1 fully saturated rings. The van der Waals surface area contributed by atoms with E-state index in [1.165, 1.54) is 5.56 Å². The van der Waals surface area contributed by atoms with E-state index in [9.17, 15) is 5.11 Å². The lowest BCUT2D eigenvalue weighted by atomic mass is 10.1. The van der Waals surface area contributed by atoms with E-state index in [4.69, 9.17) is 9.72 Å². The molecule has 0 radical (unpaired) electrons. The molecule has 5 rings (SSSR count). The number of hydrogen-bond acceptors (Lipinski definition) is 8. The van der Waals surface area contributed by atoms with Crippen LogP contribution in [-0.2, 0) is 6.54 Å². The highest BCUT2D eigenvalue weighted by atomic mass is 32.1. The number of hydrogen-bond donors (Lipinski definition) is 1. The van der Waals surface area contributed by atoms with Gasteiger partial charge in [0.2, 0.25) is 0 Å².